The van der Waals surface area contributed by atoms with E-state index in [2.05, 4.69) is 16.6 Å². The first-order valence-electron chi connectivity index (χ1n) is 7.86. The molecule has 6 heteroatoms. The fourth-order valence-electron chi connectivity index (χ4n) is 2.86. The summed E-state index contributed by atoms with van der Waals surface area (Å²) < 4.78 is 0. The lowest BCUT2D eigenvalue weighted by Gasteiger charge is -2.25. The van der Waals surface area contributed by atoms with Gasteiger partial charge in [0.25, 0.3) is 0 Å². The van der Waals surface area contributed by atoms with E-state index in [1.807, 2.05) is 0 Å². The summed E-state index contributed by atoms with van der Waals surface area (Å²) in [7, 11) is 0. The number of anilines is 1. The van der Waals surface area contributed by atoms with Gasteiger partial charge in [-0.2, -0.15) is 0 Å². The van der Waals surface area contributed by atoms with Gasteiger partial charge < -0.3 is 15.7 Å². The van der Waals surface area contributed by atoms with Gasteiger partial charge in [-0.3, -0.25) is 14.4 Å². The maximum absolute atomic E-state index is 12.1. The van der Waals surface area contributed by atoms with Crippen LogP contribution in [0, 0.1) is 24.2 Å². The molecule has 6 nitrogen and oxygen atoms in total. The van der Waals surface area contributed by atoms with Crippen LogP contribution in [0.5, 0.6) is 0 Å². The molecule has 1 fully saturated rings. The van der Waals surface area contributed by atoms with E-state index in [1.165, 1.54) is 0 Å². The van der Waals surface area contributed by atoms with Crippen molar-refractivity contribution in [1.82, 2.24) is 5.32 Å². The van der Waals surface area contributed by atoms with E-state index in [-0.39, 0.29) is 24.3 Å². The van der Waals surface area contributed by atoms with Crippen LogP contribution in [-0.2, 0) is 14.4 Å². The van der Waals surface area contributed by atoms with Crippen molar-refractivity contribution in [1.29, 1.82) is 0 Å². The van der Waals surface area contributed by atoms with Gasteiger partial charge in [-0.05, 0) is 37.5 Å². The number of carbonyl (C=O) groups excluding carboxylic acids is 2. The highest BCUT2D eigenvalue weighted by Gasteiger charge is 2.31. The number of hydrogen-bond acceptors (Lipinski definition) is 3. The molecule has 1 aromatic rings. The molecule has 1 aliphatic carbocycles. The van der Waals surface area contributed by atoms with Crippen molar-refractivity contribution in [2.45, 2.75) is 25.7 Å². The number of rotatable bonds is 5. The van der Waals surface area contributed by atoms with Gasteiger partial charge in [-0.25, -0.2) is 0 Å². The first-order chi connectivity index (χ1) is 11.5. The second-order valence-corrected chi connectivity index (χ2v) is 5.89. The highest BCUT2D eigenvalue weighted by atomic mass is 16.4. The predicted octanol–water partition coefficient (Wildman–Crippen LogP) is 1.61. The van der Waals surface area contributed by atoms with E-state index in [9.17, 15) is 14.4 Å². The van der Waals surface area contributed by atoms with Gasteiger partial charge in [0.2, 0.25) is 11.8 Å². The van der Waals surface area contributed by atoms with Crippen molar-refractivity contribution in [2.24, 2.45) is 11.8 Å². The summed E-state index contributed by atoms with van der Waals surface area (Å²) in [5, 5.41) is 14.3. The van der Waals surface area contributed by atoms with Crippen molar-refractivity contribution in [3.05, 3.63) is 29.8 Å². The van der Waals surface area contributed by atoms with E-state index in [1.54, 1.807) is 24.3 Å². The summed E-state index contributed by atoms with van der Waals surface area (Å²) >= 11 is 0. The molecule has 2 atom stereocenters. The summed E-state index contributed by atoms with van der Waals surface area (Å²) in [6.45, 7) is -0.159. The lowest BCUT2D eigenvalue weighted by atomic mass is 9.81. The van der Waals surface area contributed by atoms with Crippen LogP contribution in [0.4, 0.5) is 5.69 Å². The lowest BCUT2D eigenvalue weighted by Crippen LogP contribution is -2.39. The molecule has 0 radical (unpaired) electrons. The molecule has 0 bridgehead atoms. The number of hydrogen-bond donors (Lipinski definition) is 3. The summed E-state index contributed by atoms with van der Waals surface area (Å²) in [4.78, 5) is 35.0. The Morgan fingerprint density at radius 2 is 2.00 bits per heavy atom. The molecule has 1 saturated carbocycles. The summed E-state index contributed by atoms with van der Waals surface area (Å²) in [6, 6.07) is 6.86. The lowest BCUT2D eigenvalue weighted by molar-refractivity contribution is -0.144. The first-order valence-corrected chi connectivity index (χ1v) is 7.86. The number of terminal acetylenes is 1. The van der Waals surface area contributed by atoms with Crippen molar-refractivity contribution in [3.63, 3.8) is 0 Å². The molecular formula is C18H20N2O4. The highest BCUT2D eigenvalue weighted by Crippen LogP contribution is 2.29. The maximum Gasteiger partial charge on any atom is 0.306 e. The molecule has 1 aromatic carbocycles. The van der Waals surface area contributed by atoms with Crippen LogP contribution in [0.1, 0.15) is 31.2 Å². The van der Waals surface area contributed by atoms with Gasteiger partial charge in [-0.15, -0.1) is 6.42 Å². The smallest absolute Gasteiger partial charge is 0.306 e. The average molecular weight is 328 g/mol. The minimum atomic E-state index is -0.862. The Hall–Kier alpha value is -2.81. The van der Waals surface area contributed by atoms with Gasteiger partial charge in [0.1, 0.15) is 0 Å². The van der Waals surface area contributed by atoms with Crippen molar-refractivity contribution in [2.75, 3.05) is 11.9 Å². The SMILES string of the molecule is C#Cc1cccc(NC(=O)CNC(=O)C2CCCC(C(=O)O)C2)c1. The van der Waals surface area contributed by atoms with Crippen LogP contribution >= 0.6 is 0 Å². The fourth-order valence-corrected chi connectivity index (χ4v) is 2.86. The second-order valence-electron chi connectivity index (χ2n) is 5.89. The van der Waals surface area contributed by atoms with Crippen LogP contribution in [0.15, 0.2) is 24.3 Å². The van der Waals surface area contributed by atoms with Crippen LogP contribution in [-0.4, -0.2) is 29.4 Å². The van der Waals surface area contributed by atoms with E-state index < -0.39 is 11.9 Å². The van der Waals surface area contributed by atoms with E-state index in [4.69, 9.17) is 11.5 Å². The molecule has 0 aliphatic heterocycles. The number of benzene rings is 1. The Morgan fingerprint density at radius 1 is 1.25 bits per heavy atom. The molecule has 0 heterocycles. The van der Waals surface area contributed by atoms with Gasteiger partial charge in [-0.1, -0.05) is 18.4 Å². The van der Waals surface area contributed by atoms with Crippen LogP contribution in [0.3, 0.4) is 0 Å². The zero-order valence-corrected chi connectivity index (χ0v) is 13.2. The predicted molar refractivity (Wildman–Crippen MR) is 89.1 cm³/mol. The minimum absolute atomic E-state index is 0.159. The molecule has 0 spiro atoms. The van der Waals surface area contributed by atoms with Crippen molar-refractivity contribution in [3.8, 4) is 12.3 Å². The van der Waals surface area contributed by atoms with Crippen molar-refractivity contribution < 1.29 is 19.5 Å². The number of carboxylic acid groups (broad SMARTS) is 1. The Kier molecular flexibility index (Phi) is 5.96. The topological polar surface area (TPSA) is 95.5 Å². The number of nitrogens with one attached hydrogen (secondary N) is 2. The standard InChI is InChI=1S/C18H20N2O4/c1-2-12-5-3-8-15(9-12)20-16(21)11-19-17(22)13-6-4-7-14(10-13)18(23)24/h1,3,5,8-9,13-14H,4,6-7,10-11H2,(H,19,22)(H,20,21)(H,23,24). The molecule has 0 aromatic heterocycles. The first kappa shape index (κ1) is 17.5. The molecule has 1 aliphatic rings. The largest absolute Gasteiger partial charge is 0.481 e. The molecule has 3 N–H and O–H groups in total. The third-order valence-corrected chi connectivity index (χ3v) is 4.13. The Balaban J connectivity index is 1.81. The van der Waals surface area contributed by atoms with E-state index in [0.29, 0.717) is 36.9 Å². The third-order valence-electron chi connectivity index (χ3n) is 4.13. The van der Waals surface area contributed by atoms with Gasteiger partial charge in [0.15, 0.2) is 0 Å². The quantitative estimate of drug-likeness (QED) is 0.716. The number of carbonyl (C=O) groups is 3. The summed E-state index contributed by atoms with van der Waals surface area (Å²) in [6.07, 6.45) is 7.59. The number of carboxylic acids is 1. The molecule has 24 heavy (non-hydrogen) atoms. The molecular weight excluding hydrogens is 308 g/mol. The maximum atomic E-state index is 12.1. The van der Waals surface area contributed by atoms with Gasteiger partial charge >= 0.3 is 5.97 Å². The normalized spacial score (nSPS) is 19.8. The second kappa shape index (κ2) is 8.16. The van der Waals surface area contributed by atoms with Gasteiger partial charge in [0, 0.05) is 17.2 Å². The van der Waals surface area contributed by atoms with E-state index >= 15 is 0 Å². The minimum Gasteiger partial charge on any atom is -0.481 e. The Bertz CT molecular complexity index is 678. The molecule has 2 rings (SSSR count). The fraction of sp³-hybridized carbons (Fsp3) is 0.389. The highest BCUT2D eigenvalue weighted by molar-refractivity contribution is 5.95. The molecule has 126 valence electrons. The monoisotopic (exact) mass is 328 g/mol. The van der Waals surface area contributed by atoms with Crippen LogP contribution < -0.4 is 10.6 Å². The number of aliphatic carboxylic acids is 1. The summed E-state index contributed by atoms with van der Waals surface area (Å²) in [5.41, 5.74) is 1.21. The van der Waals surface area contributed by atoms with E-state index in [0.717, 1.165) is 0 Å². The molecule has 2 amide bonds. The zero-order chi connectivity index (χ0) is 17.5. The van der Waals surface area contributed by atoms with Crippen LogP contribution in [0.2, 0.25) is 0 Å². The van der Waals surface area contributed by atoms with Crippen LogP contribution in [0.25, 0.3) is 0 Å². The third kappa shape index (κ3) is 4.85. The van der Waals surface area contributed by atoms with Crippen molar-refractivity contribution >= 4 is 23.5 Å². The Morgan fingerprint density at radius 3 is 2.71 bits per heavy atom. The zero-order valence-electron chi connectivity index (χ0n) is 13.2. The summed E-state index contributed by atoms with van der Waals surface area (Å²) in [5.74, 6) is 0.161. The Labute approximate surface area is 140 Å². The van der Waals surface area contributed by atoms with Gasteiger partial charge in [0.05, 0.1) is 12.5 Å². The molecule has 2 unspecified atom stereocenters. The molecule has 0 saturated heterocycles. The number of amides is 2. The average Bonchev–Trinajstić information content (AvgIpc) is 2.60.